The number of hydrogen-bond donors (Lipinski definition) is 1. The Morgan fingerprint density at radius 2 is 2.11 bits per heavy atom. The summed E-state index contributed by atoms with van der Waals surface area (Å²) in [6.45, 7) is 4.54. The van der Waals surface area contributed by atoms with Gasteiger partial charge in [-0.15, -0.1) is 0 Å². The topological polar surface area (TPSA) is 49.4 Å². The van der Waals surface area contributed by atoms with E-state index in [1.807, 2.05) is 6.92 Å². The summed E-state index contributed by atoms with van der Waals surface area (Å²) in [5, 5.41) is 3.39. The maximum absolute atomic E-state index is 13.8. The third-order valence-corrected chi connectivity index (χ3v) is 5.42. The molecule has 1 N–H and O–H groups in total. The van der Waals surface area contributed by atoms with Crippen molar-refractivity contribution in [2.45, 2.75) is 30.8 Å². The molecule has 0 saturated carbocycles. The first-order valence-corrected chi connectivity index (χ1v) is 7.84. The Hall–Kier alpha value is -0.690. The molecular formula is C12H16ClFN2O2S. The van der Waals surface area contributed by atoms with Crippen LogP contribution in [0.15, 0.2) is 23.1 Å². The molecule has 19 heavy (non-hydrogen) atoms. The van der Waals surface area contributed by atoms with Crippen molar-refractivity contribution in [3.8, 4) is 0 Å². The number of rotatable bonds is 2. The molecular weight excluding hydrogens is 291 g/mol. The molecule has 0 aromatic heterocycles. The van der Waals surface area contributed by atoms with E-state index in [0.29, 0.717) is 13.1 Å². The molecule has 0 radical (unpaired) electrons. The summed E-state index contributed by atoms with van der Waals surface area (Å²) in [6, 6.07) is 3.38. The minimum atomic E-state index is -3.86. The van der Waals surface area contributed by atoms with Crippen molar-refractivity contribution in [1.82, 2.24) is 9.62 Å². The average Bonchev–Trinajstić information content (AvgIpc) is 2.35. The molecule has 1 aliphatic rings. The molecule has 2 rings (SSSR count). The van der Waals surface area contributed by atoms with Gasteiger partial charge < -0.3 is 5.32 Å². The van der Waals surface area contributed by atoms with Crippen molar-refractivity contribution in [2.24, 2.45) is 0 Å². The number of piperazine rings is 1. The maximum atomic E-state index is 13.8. The molecule has 0 bridgehead atoms. The molecule has 2 atom stereocenters. The molecule has 7 heteroatoms. The lowest BCUT2D eigenvalue weighted by Gasteiger charge is -2.36. The van der Waals surface area contributed by atoms with Crippen LogP contribution in [0.5, 0.6) is 0 Å². The molecule has 106 valence electrons. The van der Waals surface area contributed by atoms with Gasteiger partial charge >= 0.3 is 0 Å². The Labute approximate surface area is 117 Å². The second-order valence-corrected chi connectivity index (χ2v) is 7.10. The molecule has 1 aliphatic heterocycles. The third kappa shape index (κ3) is 2.91. The molecule has 1 aromatic carbocycles. The molecule has 0 spiro atoms. The molecule has 1 fully saturated rings. The van der Waals surface area contributed by atoms with E-state index >= 15 is 0 Å². The molecule has 0 amide bonds. The summed E-state index contributed by atoms with van der Waals surface area (Å²) >= 11 is 5.76. The number of benzene rings is 1. The largest absolute Gasteiger partial charge is 0.311 e. The van der Waals surface area contributed by atoms with E-state index in [2.05, 4.69) is 5.32 Å². The van der Waals surface area contributed by atoms with Gasteiger partial charge in [-0.25, -0.2) is 12.8 Å². The summed E-state index contributed by atoms with van der Waals surface area (Å²) in [4.78, 5) is -0.360. The first-order chi connectivity index (χ1) is 8.82. The maximum Gasteiger partial charge on any atom is 0.246 e. The fourth-order valence-corrected chi connectivity index (χ4v) is 4.17. The van der Waals surface area contributed by atoms with Crippen molar-refractivity contribution in [3.63, 3.8) is 0 Å². The van der Waals surface area contributed by atoms with Gasteiger partial charge in [-0.3, -0.25) is 0 Å². The first kappa shape index (κ1) is 14.7. The lowest BCUT2D eigenvalue weighted by atomic mass is 10.2. The number of nitrogens with zero attached hydrogens (tertiary/aromatic N) is 1. The van der Waals surface area contributed by atoms with Crippen LogP contribution in [0.3, 0.4) is 0 Å². The highest BCUT2D eigenvalue weighted by atomic mass is 35.5. The first-order valence-electron chi connectivity index (χ1n) is 6.02. The SMILES string of the molecule is CC1CN(S(=O)(=O)c2cc(Cl)ccc2F)C(C)CN1. The van der Waals surface area contributed by atoms with Crippen LogP contribution in [-0.2, 0) is 10.0 Å². The van der Waals surface area contributed by atoms with Crippen LogP contribution in [-0.4, -0.2) is 37.9 Å². The Morgan fingerprint density at radius 3 is 2.79 bits per heavy atom. The highest BCUT2D eigenvalue weighted by Crippen LogP contribution is 2.25. The predicted molar refractivity (Wildman–Crippen MR) is 72.2 cm³/mol. The number of nitrogens with one attached hydrogen (secondary N) is 1. The summed E-state index contributed by atoms with van der Waals surface area (Å²) in [5.41, 5.74) is 0. The third-order valence-electron chi connectivity index (χ3n) is 3.19. The van der Waals surface area contributed by atoms with Crippen molar-refractivity contribution in [3.05, 3.63) is 29.0 Å². The van der Waals surface area contributed by atoms with E-state index in [9.17, 15) is 12.8 Å². The van der Waals surface area contributed by atoms with Crippen molar-refractivity contribution in [2.75, 3.05) is 13.1 Å². The van der Waals surface area contributed by atoms with E-state index < -0.39 is 15.8 Å². The van der Waals surface area contributed by atoms with Gasteiger partial charge in [-0.05, 0) is 32.0 Å². The van der Waals surface area contributed by atoms with E-state index in [-0.39, 0.29) is 22.0 Å². The van der Waals surface area contributed by atoms with Crippen molar-refractivity contribution < 1.29 is 12.8 Å². The fraction of sp³-hybridized carbons (Fsp3) is 0.500. The van der Waals surface area contributed by atoms with E-state index in [1.54, 1.807) is 6.92 Å². The van der Waals surface area contributed by atoms with E-state index in [0.717, 1.165) is 12.1 Å². The fourth-order valence-electron chi connectivity index (χ4n) is 2.12. The zero-order valence-electron chi connectivity index (χ0n) is 10.7. The number of hydrogen-bond acceptors (Lipinski definition) is 3. The number of sulfonamides is 1. The highest BCUT2D eigenvalue weighted by molar-refractivity contribution is 7.89. The van der Waals surface area contributed by atoms with Gasteiger partial charge in [0.05, 0.1) is 0 Å². The Morgan fingerprint density at radius 1 is 1.42 bits per heavy atom. The predicted octanol–water partition coefficient (Wildman–Crippen LogP) is 1.85. The zero-order chi connectivity index (χ0) is 14.2. The lowest BCUT2D eigenvalue weighted by molar-refractivity contribution is 0.244. The summed E-state index contributed by atoms with van der Waals surface area (Å²) in [6.07, 6.45) is 0. The summed E-state index contributed by atoms with van der Waals surface area (Å²) < 4.78 is 40.1. The molecule has 0 aliphatic carbocycles. The monoisotopic (exact) mass is 306 g/mol. The van der Waals surface area contributed by atoms with Gasteiger partial charge in [-0.1, -0.05) is 11.6 Å². The van der Waals surface area contributed by atoms with Crippen LogP contribution in [0, 0.1) is 5.82 Å². The lowest BCUT2D eigenvalue weighted by Crippen LogP contribution is -2.56. The van der Waals surface area contributed by atoms with E-state index in [4.69, 9.17) is 11.6 Å². The van der Waals surface area contributed by atoms with Crippen LogP contribution in [0.1, 0.15) is 13.8 Å². The average molecular weight is 307 g/mol. The summed E-state index contributed by atoms with van der Waals surface area (Å²) in [5.74, 6) is -0.775. The van der Waals surface area contributed by atoms with Crippen LogP contribution < -0.4 is 5.32 Å². The molecule has 1 saturated heterocycles. The molecule has 1 aromatic rings. The van der Waals surface area contributed by atoms with Crippen molar-refractivity contribution in [1.29, 1.82) is 0 Å². The van der Waals surface area contributed by atoms with Crippen LogP contribution in [0.25, 0.3) is 0 Å². The van der Waals surface area contributed by atoms with E-state index in [1.165, 1.54) is 10.4 Å². The molecule has 4 nitrogen and oxygen atoms in total. The second-order valence-electron chi connectivity index (χ2n) is 4.81. The second kappa shape index (κ2) is 5.36. The smallest absolute Gasteiger partial charge is 0.246 e. The minimum absolute atomic E-state index is 0.0354. The normalized spacial score (nSPS) is 25.5. The van der Waals surface area contributed by atoms with Gasteiger partial charge in [0.25, 0.3) is 0 Å². The minimum Gasteiger partial charge on any atom is -0.311 e. The number of halogens is 2. The van der Waals surface area contributed by atoms with Gasteiger partial charge in [0.2, 0.25) is 10.0 Å². The quantitative estimate of drug-likeness (QED) is 0.907. The standard InChI is InChI=1S/C12H16ClFN2O2S/c1-8-7-16(9(2)6-15-8)19(17,18)12-5-10(13)3-4-11(12)14/h3-5,8-9,15H,6-7H2,1-2H3. The Kier molecular flexibility index (Phi) is 4.15. The van der Waals surface area contributed by atoms with Crippen LogP contribution in [0.4, 0.5) is 4.39 Å². The highest BCUT2D eigenvalue weighted by Gasteiger charge is 2.35. The van der Waals surface area contributed by atoms with Gasteiger partial charge in [0.15, 0.2) is 0 Å². The Bertz CT molecular complexity index is 579. The van der Waals surface area contributed by atoms with Crippen molar-refractivity contribution >= 4 is 21.6 Å². The van der Waals surface area contributed by atoms with Crippen LogP contribution >= 0.6 is 11.6 Å². The van der Waals surface area contributed by atoms with Crippen LogP contribution in [0.2, 0.25) is 5.02 Å². The molecule has 2 unspecified atom stereocenters. The van der Waals surface area contributed by atoms with Gasteiger partial charge in [0.1, 0.15) is 10.7 Å². The Balaban J connectivity index is 2.44. The van der Waals surface area contributed by atoms with Gasteiger partial charge in [-0.2, -0.15) is 4.31 Å². The summed E-state index contributed by atoms with van der Waals surface area (Å²) in [7, 11) is -3.86. The van der Waals surface area contributed by atoms with Gasteiger partial charge in [0, 0.05) is 30.2 Å². The zero-order valence-corrected chi connectivity index (χ0v) is 12.3. The molecule has 1 heterocycles.